The average molecular weight is 219 g/mol. The molecular weight excluding hydrogens is 205 g/mol. The number of nitrogens with one attached hydrogen (secondary N) is 1. The normalized spacial score (nSPS) is 12.8. The Morgan fingerprint density at radius 1 is 1.44 bits per heavy atom. The number of aryl methyl sites for hydroxylation is 1. The molecule has 1 aromatic carbocycles. The number of hydrogen-bond acceptors (Lipinski definition) is 2. The lowest BCUT2D eigenvalue weighted by Crippen LogP contribution is -2.06. The minimum atomic E-state index is -0.262. The smallest absolute Gasteiger partial charge is 0.123 e. The van der Waals surface area contributed by atoms with Crippen LogP contribution in [0.15, 0.2) is 24.3 Å². The number of halogens is 1. The van der Waals surface area contributed by atoms with Crippen molar-refractivity contribution in [2.45, 2.75) is 19.9 Å². The lowest BCUT2D eigenvalue weighted by atomic mass is 10.1. The zero-order chi connectivity index (χ0) is 11.7. The molecule has 0 saturated carbocycles. The Bertz CT molecular complexity index is 503. The highest BCUT2D eigenvalue weighted by atomic mass is 19.1. The molecule has 0 fully saturated rings. The van der Waals surface area contributed by atoms with Gasteiger partial charge in [0.25, 0.3) is 0 Å². The Hall–Kier alpha value is -1.68. The molecule has 0 amide bonds. The van der Waals surface area contributed by atoms with Gasteiger partial charge < -0.3 is 10.7 Å². The molecule has 3 N–H and O–H groups in total. The van der Waals surface area contributed by atoms with Crippen LogP contribution in [0.3, 0.4) is 0 Å². The summed E-state index contributed by atoms with van der Waals surface area (Å²) in [4.78, 5) is 7.48. The Morgan fingerprint density at radius 2 is 2.19 bits per heavy atom. The molecule has 1 atom stereocenters. The molecule has 0 aliphatic carbocycles. The van der Waals surface area contributed by atoms with Crippen LogP contribution in [0.4, 0.5) is 4.39 Å². The lowest BCUT2D eigenvalue weighted by Gasteiger charge is -1.98. The van der Waals surface area contributed by atoms with E-state index < -0.39 is 0 Å². The molecule has 16 heavy (non-hydrogen) atoms. The van der Waals surface area contributed by atoms with Gasteiger partial charge in [-0.1, -0.05) is 12.1 Å². The molecule has 2 rings (SSSR count). The molecule has 4 heteroatoms. The summed E-state index contributed by atoms with van der Waals surface area (Å²) in [5.74, 6) is 0.457. The van der Waals surface area contributed by atoms with Gasteiger partial charge in [-0.2, -0.15) is 0 Å². The Balaban J connectivity index is 2.48. The fourth-order valence-electron chi connectivity index (χ4n) is 1.62. The third-order valence-corrected chi connectivity index (χ3v) is 2.43. The molecule has 0 saturated heterocycles. The molecule has 1 unspecified atom stereocenters. The van der Waals surface area contributed by atoms with Crippen LogP contribution in [0.25, 0.3) is 11.3 Å². The summed E-state index contributed by atoms with van der Waals surface area (Å²) in [7, 11) is 0. The predicted molar refractivity (Wildman–Crippen MR) is 61.3 cm³/mol. The van der Waals surface area contributed by atoms with E-state index in [1.807, 2.05) is 19.9 Å². The van der Waals surface area contributed by atoms with Crippen LogP contribution in [-0.2, 0) is 0 Å². The first-order chi connectivity index (χ1) is 7.58. The van der Waals surface area contributed by atoms with E-state index in [-0.39, 0.29) is 11.9 Å². The molecule has 3 nitrogen and oxygen atoms in total. The maximum absolute atomic E-state index is 13.1. The monoisotopic (exact) mass is 219 g/mol. The number of nitrogens with zero attached hydrogens (tertiary/aromatic N) is 1. The van der Waals surface area contributed by atoms with E-state index in [0.717, 1.165) is 22.8 Å². The number of rotatable bonds is 2. The third kappa shape index (κ3) is 1.97. The molecule has 0 radical (unpaired) electrons. The second-order valence-corrected chi connectivity index (χ2v) is 3.89. The minimum Gasteiger partial charge on any atom is -0.344 e. The number of H-pyrrole nitrogens is 1. The maximum Gasteiger partial charge on any atom is 0.123 e. The molecule has 0 bridgehead atoms. The van der Waals surface area contributed by atoms with Crippen molar-refractivity contribution in [1.82, 2.24) is 9.97 Å². The standard InChI is InChI=1S/C12H14FN3/c1-7(14)12-15-8(2)11(16-12)9-4-3-5-10(13)6-9/h3-7H,14H2,1-2H3,(H,15,16). The summed E-state index contributed by atoms with van der Waals surface area (Å²) in [6.07, 6.45) is 0. The summed E-state index contributed by atoms with van der Waals surface area (Å²) in [5, 5.41) is 0. The van der Waals surface area contributed by atoms with Crippen molar-refractivity contribution in [2.24, 2.45) is 5.73 Å². The third-order valence-electron chi connectivity index (χ3n) is 2.43. The van der Waals surface area contributed by atoms with Gasteiger partial charge in [-0.05, 0) is 26.0 Å². The molecule has 1 aromatic heterocycles. The summed E-state index contributed by atoms with van der Waals surface area (Å²) in [6.45, 7) is 3.76. The van der Waals surface area contributed by atoms with Gasteiger partial charge >= 0.3 is 0 Å². The molecular formula is C12H14FN3. The predicted octanol–water partition coefficient (Wildman–Crippen LogP) is 2.54. The largest absolute Gasteiger partial charge is 0.344 e. The van der Waals surface area contributed by atoms with Gasteiger partial charge in [0.2, 0.25) is 0 Å². The first kappa shape index (κ1) is 10.8. The van der Waals surface area contributed by atoms with E-state index in [1.165, 1.54) is 12.1 Å². The van der Waals surface area contributed by atoms with Gasteiger partial charge in [0.15, 0.2) is 0 Å². The number of nitrogens with two attached hydrogens (primary N) is 1. The summed E-state index contributed by atoms with van der Waals surface area (Å²) < 4.78 is 13.1. The summed E-state index contributed by atoms with van der Waals surface area (Å²) >= 11 is 0. The highest BCUT2D eigenvalue weighted by molar-refractivity contribution is 5.61. The van der Waals surface area contributed by atoms with Crippen LogP contribution in [0, 0.1) is 12.7 Å². The van der Waals surface area contributed by atoms with E-state index in [0.29, 0.717) is 0 Å². The van der Waals surface area contributed by atoms with Crippen molar-refractivity contribution in [3.8, 4) is 11.3 Å². The topological polar surface area (TPSA) is 54.7 Å². The second kappa shape index (κ2) is 4.06. The van der Waals surface area contributed by atoms with Gasteiger partial charge in [-0.25, -0.2) is 9.37 Å². The van der Waals surface area contributed by atoms with E-state index in [4.69, 9.17) is 5.73 Å². The first-order valence-corrected chi connectivity index (χ1v) is 5.16. The zero-order valence-electron chi connectivity index (χ0n) is 9.29. The Morgan fingerprint density at radius 3 is 2.75 bits per heavy atom. The van der Waals surface area contributed by atoms with Crippen LogP contribution < -0.4 is 5.73 Å². The molecule has 84 valence electrons. The van der Waals surface area contributed by atoms with Crippen molar-refractivity contribution in [2.75, 3.05) is 0 Å². The summed E-state index contributed by atoms with van der Waals surface area (Å²) in [6, 6.07) is 6.23. The average Bonchev–Trinajstić information content (AvgIpc) is 2.60. The Kier molecular flexibility index (Phi) is 2.75. The van der Waals surface area contributed by atoms with Crippen LogP contribution in [-0.4, -0.2) is 9.97 Å². The van der Waals surface area contributed by atoms with E-state index >= 15 is 0 Å². The van der Waals surface area contributed by atoms with Crippen LogP contribution in [0.5, 0.6) is 0 Å². The fraction of sp³-hybridized carbons (Fsp3) is 0.250. The molecule has 0 aliphatic rings. The van der Waals surface area contributed by atoms with Crippen molar-refractivity contribution in [3.63, 3.8) is 0 Å². The van der Waals surface area contributed by atoms with E-state index in [9.17, 15) is 4.39 Å². The van der Waals surface area contributed by atoms with Crippen molar-refractivity contribution >= 4 is 0 Å². The van der Waals surface area contributed by atoms with Crippen LogP contribution in [0.1, 0.15) is 24.5 Å². The lowest BCUT2D eigenvalue weighted by molar-refractivity contribution is 0.628. The Labute approximate surface area is 93.5 Å². The van der Waals surface area contributed by atoms with Crippen molar-refractivity contribution in [3.05, 3.63) is 41.6 Å². The van der Waals surface area contributed by atoms with Crippen molar-refractivity contribution in [1.29, 1.82) is 0 Å². The van der Waals surface area contributed by atoms with Crippen LogP contribution >= 0.6 is 0 Å². The van der Waals surface area contributed by atoms with Gasteiger partial charge in [0.05, 0.1) is 11.7 Å². The van der Waals surface area contributed by atoms with Crippen molar-refractivity contribution < 1.29 is 4.39 Å². The van der Waals surface area contributed by atoms with Gasteiger partial charge in [0.1, 0.15) is 11.6 Å². The highest BCUT2D eigenvalue weighted by Gasteiger charge is 2.11. The number of benzene rings is 1. The molecule has 0 spiro atoms. The van der Waals surface area contributed by atoms with E-state index in [1.54, 1.807) is 6.07 Å². The van der Waals surface area contributed by atoms with Gasteiger partial charge in [0, 0.05) is 11.3 Å². The molecule has 0 aliphatic heterocycles. The molecule has 1 heterocycles. The van der Waals surface area contributed by atoms with Gasteiger partial charge in [-0.15, -0.1) is 0 Å². The zero-order valence-corrected chi connectivity index (χ0v) is 9.29. The number of imidazole rings is 1. The quantitative estimate of drug-likeness (QED) is 0.815. The van der Waals surface area contributed by atoms with E-state index in [2.05, 4.69) is 9.97 Å². The summed E-state index contributed by atoms with van der Waals surface area (Å²) in [5.41, 5.74) is 8.16. The minimum absolute atomic E-state index is 0.152. The fourth-order valence-corrected chi connectivity index (χ4v) is 1.62. The first-order valence-electron chi connectivity index (χ1n) is 5.16. The highest BCUT2D eigenvalue weighted by Crippen LogP contribution is 2.23. The van der Waals surface area contributed by atoms with Gasteiger partial charge in [-0.3, -0.25) is 0 Å². The SMILES string of the molecule is Cc1[nH]c(C(C)N)nc1-c1cccc(F)c1. The number of hydrogen-bond donors (Lipinski definition) is 2. The van der Waals surface area contributed by atoms with Crippen LogP contribution in [0.2, 0.25) is 0 Å². The number of aromatic nitrogens is 2. The number of aromatic amines is 1. The second-order valence-electron chi connectivity index (χ2n) is 3.89. The maximum atomic E-state index is 13.1. The molecule has 2 aromatic rings.